The molecule has 0 fully saturated rings. The van der Waals surface area contributed by atoms with Crippen LogP contribution < -0.4 is 0 Å². The number of hydrogen-bond acceptors (Lipinski definition) is 3. The molecule has 2 nitrogen and oxygen atoms in total. The molecule has 2 aromatic rings. The van der Waals surface area contributed by atoms with Gasteiger partial charge in [-0.3, -0.25) is 4.79 Å². The Kier molecular flexibility index (Phi) is 2.84. The molecule has 2 rings (SSSR count). The highest BCUT2D eigenvalue weighted by atomic mass is 35.5. The van der Waals surface area contributed by atoms with Crippen LogP contribution in [0, 0.1) is 6.92 Å². The third-order valence-corrected chi connectivity index (χ3v) is 3.25. The Hall–Kier alpha value is -1.19. The van der Waals surface area contributed by atoms with Crippen LogP contribution in [0.2, 0.25) is 5.02 Å². The summed E-state index contributed by atoms with van der Waals surface area (Å²) in [7, 11) is 0. The quantitative estimate of drug-likeness (QED) is 0.750. The monoisotopic (exact) mass is 237 g/mol. The van der Waals surface area contributed by atoms with Crippen LogP contribution in [0.1, 0.15) is 20.8 Å². The van der Waals surface area contributed by atoms with Crippen LogP contribution in [0.4, 0.5) is 0 Å². The topological polar surface area (TPSA) is 30.0 Å². The molecule has 1 aromatic heterocycles. The lowest BCUT2D eigenvalue weighted by Gasteiger charge is -2.01. The molecule has 15 heavy (non-hydrogen) atoms. The molecule has 0 saturated heterocycles. The summed E-state index contributed by atoms with van der Waals surface area (Å²) in [6, 6.07) is 7.03. The van der Waals surface area contributed by atoms with Crippen molar-refractivity contribution < 1.29 is 4.79 Å². The molecule has 0 bridgehead atoms. The summed E-state index contributed by atoms with van der Waals surface area (Å²) in [5.74, 6) is -0.0283. The molecule has 76 valence electrons. The van der Waals surface area contributed by atoms with Crippen LogP contribution in [-0.2, 0) is 0 Å². The van der Waals surface area contributed by atoms with E-state index in [4.69, 9.17) is 11.6 Å². The lowest BCUT2D eigenvalue weighted by molar-refractivity contribution is 0.104. The van der Waals surface area contributed by atoms with Gasteiger partial charge in [0.1, 0.15) is 0 Å². The Balaban J connectivity index is 2.39. The maximum absolute atomic E-state index is 11.9. The van der Waals surface area contributed by atoms with Gasteiger partial charge >= 0.3 is 0 Å². The van der Waals surface area contributed by atoms with Crippen molar-refractivity contribution in [2.45, 2.75) is 6.92 Å². The summed E-state index contributed by atoms with van der Waals surface area (Å²) < 4.78 is 3.90. The van der Waals surface area contributed by atoms with Crippen molar-refractivity contribution in [3.8, 4) is 0 Å². The van der Waals surface area contributed by atoms with Gasteiger partial charge in [-0.05, 0) is 36.2 Å². The minimum atomic E-state index is -0.0283. The molecule has 0 unspecified atom stereocenters. The van der Waals surface area contributed by atoms with Crippen molar-refractivity contribution in [3.05, 3.63) is 51.5 Å². The fourth-order valence-corrected chi connectivity index (χ4v) is 1.95. The minimum Gasteiger partial charge on any atom is -0.288 e. The number of ketones is 1. The second-order valence-corrected chi connectivity index (χ2v) is 4.41. The molecule has 0 N–H and O–H groups in total. The normalized spacial score (nSPS) is 10.3. The Bertz CT molecular complexity index is 493. The van der Waals surface area contributed by atoms with Gasteiger partial charge in [0.25, 0.3) is 0 Å². The predicted molar refractivity (Wildman–Crippen MR) is 61.7 cm³/mol. The van der Waals surface area contributed by atoms with Crippen LogP contribution >= 0.6 is 23.1 Å². The summed E-state index contributed by atoms with van der Waals surface area (Å²) in [5.41, 5.74) is 1.58. The number of benzene rings is 1. The van der Waals surface area contributed by atoms with Gasteiger partial charge in [0.05, 0.1) is 4.88 Å². The lowest BCUT2D eigenvalue weighted by Crippen LogP contribution is -1.98. The molecule has 0 aliphatic rings. The number of nitrogens with zero attached hydrogens (tertiary/aromatic N) is 1. The highest BCUT2D eigenvalue weighted by Crippen LogP contribution is 2.20. The molecule has 1 heterocycles. The Morgan fingerprint density at radius 2 is 2.20 bits per heavy atom. The largest absolute Gasteiger partial charge is 0.288 e. The molecular formula is C11H8ClNOS. The van der Waals surface area contributed by atoms with Crippen LogP contribution in [0.15, 0.2) is 30.5 Å². The van der Waals surface area contributed by atoms with E-state index in [1.165, 1.54) is 11.5 Å². The number of halogens is 1. The zero-order valence-corrected chi connectivity index (χ0v) is 9.60. The van der Waals surface area contributed by atoms with Crippen molar-refractivity contribution in [2.75, 3.05) is 0 Å². The van der Waals surface area contributed by atoms with Gasteiger partial charge in [-0.25, -0.2) is 4.37 Å². The second kappa shape index (κ2) is 4.13. The number of rotatable bonds is 2. The Morgan fingerprint density at radius 1 is 1.40 bits per heavy atom. The van der Waals surface area contributed by atoms with Crippen molar-refractivity contribution in [1.29, 1.82) is 0 Å². The molecule has 0 spiro atoms. The maximum Gasteiger partial charge on any atom is 0.204 e. The molecule has 0 radical (unpaired) electrons. The standard InChI is InChI=1S/C11H8ClNOS/c1-7-2-3-8(6-9(7)12)11(14)10-4-5-13-15-10/h2-6H,1H3. The van der Waals surface area contributed by atoms with Gasteiger partial charge in [-0.1, -0.05) is 23.7 Å². The fraction of sp³-hybridized carbons (Fsp3) is 0.0909. The summed E-state index contributed by atoms with van der Waals surface area (Å²) in [6.07, 6.45) is 1.62. The van der Waals surface area contributed by atoms with Gasteiger partial charge in [0, 0.05) is 16.8 Å². The minimum absolute atomic E-state index is 0.0283. The van der Waals surface area contributed by atoms with E-state index in [0.717, 1.165) is 5.56 Å². The highest BCUT2D eigenvalue weighted by molar-refractivity contribution is 7.08. The van der Waals surface area contributed by atoms with Crippen LogP contribution in [-0.4, -0.2) is 10.2 Å². The highest BCUT2D eigenvalue weighted by Gasteiger charge is 2.11. The molecular weight excluding hydrogens is 230 g/mol. The van der Waals surface area contributed by atoms with E-state index in [-0.39, 0.29) is 5.78 Å². The van der Waals surface area contributed by atoms with Gasteiger partial charge in [0.2, 0.25) is 5.78 Å². The van der Waals surface area contributed by atoms with E-state index in [1.807, 2.05) is 13.0 Å². The Morgan fingerprint density at radius 3 is 2.80 bits per heavy atom. The van der Waals surface area contributed by atoms with Gasteiger partial charge in [0.15, 0.2) is 0 Å². The van der Waals surface area contributed by atoms with Crippen LogP contribution in [0.5, 0.6) is 0 Å². The molecule has 0 amide bonds. The summed E-state index contributed by atoms with van der Waals surface area (Å²) in [5, 5.41) is 0.616. The molecule has 0 aliphatic carbocycles. The summed E-state index contributed by atoms with van der Waals surface area (Å²) >= 11 is 7.15. The smallest absolute Gasteiger partial charge is 0.204 e. The number of aromatic nitrogens is 1. The van der Waals surface area contributed by atoms with Gasteiger partial charge < -0.3 is 0 Å². The van der Waals surface area contributed by atoms with Gasteiger partial charge in [-0.2, -0.15) is 0 Å². The van der Waals surface area contributed by atoms with E-state index < -0.39 is 0 Å². The first-order valence-corrected chi connectivity index (χ1v) is 5.55. The van der Waals surface area contributed by atoms with E-state index in [9.17, 15) is 4.79 Å². The lowest BCUT2D eigenvalue weighted by atomic mass is 10.1. The van der Waals surface area contributed by atoms with Crippen LogP contribution in [0.3, 0.4) is 0 Å². The molecule has 4 heteroatoms. The zero-order valence-electron chi connectivity index (χ0n) is 8.03. The first-order chi connectivity index (χ1) is 7.18. The molecule has 0 aliphatic heterocycles. The number of carbonyl (C=O) groups excluding carboxylic acids is 1. The van der Waals surface area contributed by atoms with Crippen molar-refractivity contribution >= 4 is 28.9 Å². The maximum atomic E-state index is 11.9. The Labute approximate surface area is 96.7 Å². The average Bonchev–Trinajstić information content (AvgIpc) is 2.74. The summed E-state index contributed by atoms with van der Waals surface area (Å²) in [4.78, 5) is 12.5. The van der Waals surface area contributed by atoms with Crippen molar-refractivity contribution in [3.63, 3.8) is 0 Å². The van der Waals surface area contributed by atoms with E-state index in [0.29, 0.717) is 15.5 Å². The zero-order chi connectivity index (χ0) is 10.8. The van der Waals surface area contributed by atoms with Crippen molar-refractivity contribution in [1.82, 2.24) is 4.37 Å². The first-order valence-electron chi connectivity index (χ1n) is 4.40. The van der Waals surface area contributed by atoms with Crippen LogP contribution in [0.25, 0.3) is 0 Å². The third-order valence-electron chi connectivity index (χ3n) is 2.10. The molecule has 0 saturated carbocycles. The number of aryl methyl sites for hydroxylation is 1. The average molecular weight is 238 g/mol. The second-order valence-electron chi connectivity index (χ2n) is 3.17. The summed E-state index contributed by atoms with van der Waals surface area (Å²) in [6.45, 7) is 1.91. The first kappa shape index (κ1) is 10.3. The number of hydrogen-bond donors (Lipinski definition) is 0. The van der Waals surface area contributed by atoms with Crippen molar-refractivity contribution in [2.24, 2.45) is 0 Å². The van der Waals surface area contributed by atoms with E-state index in [2.05, 4.69) is 4.37 Å². The number of carbonyl (C=O) groups is 1. The van der Waals surface area contributed by atoms with E-state index in [1.54, 1.807) is 24.4 Å². The fourth-order valence-electron chi connectivity index (χ4n) is 1.21. The predicted octanol–water partition coefficient (Wildman–Crippen LogP) is 3.34. The SMILES string of the molecule is Cc1ccc(C(=O)c2ccns2)cc1Cl. The van der Waals surface area contributed by atoms with E-state index >= 15 is 0 Å². The van der Waals surface area contributed by atoms with Gasteiger partial charge in [-0.15, -0.1) is 0 Å². The third kappa shape index (κ3) is 2.08. The molecule has 1 aromatic carbocycles. The molecule has 0 atom stereocenters.